The van der Waals surface area contributed by atoms with Crippen molar-refractivity contribution in [2.75, 3.05) is 38.8 Å². The van der Waals surface area contributed by atoms with Gasteiger partial charge in [0.05, 0.1) is 25.9 Å². The van der Waals surface area contributed by atoms with Crippen molar-refractivity contribution in [2.45, 2.75) is 32.9 Å². The molecule has 0 aliphatic heterocycles. The van der Waals surface area contributed by atoms with Crippen molar-refractivity contribution in [2.24, 2.45) is 4.99 Å². The quantitative estimate of drug-likeness (QED) is 0.173. The Morgan fingerprint density at radius 3 is 2.52 bits per heavy atom. The summed E-state index contributed by atoms with van der Waals surface area (Å²) >= 11 is 0. The first kappa shape index (κ1) is 27.1. The molecule has 0 aliphatic rings. The zero-order valence-corrected chi connectivity index (χ0v) is 20.7. The van der Waals surface area contributed by atoms with Gasteiger partial charge in [0.25, 0.3) is 0 Å². The molecule has 0 bridgehead atoms. The molecular weight excluding hydrogens is 512 g/mol. The molecule has 0 spiro atoms. The summed E-state index contributed by atoms with van der Waals surface area (Å²) in [5.74, 6) is 1.17. The third kappa shape index (κ3) is 11.9. The van der Waals surface area contributed by atoms with Crippen molar-refractivity contribution in [3.8, 4) is 5.75 Å². The zero-order chi connectivity index (χ0) is 21.6. The number of rotatable bonds is 12. The van der Waals surface area contributed by atoms with Gasteiger partial charge in [-0.2, -0.15) is 0 Å². The summed E-state index contributed by atoms with van der Waals surface area (Å²) in [5.41, 5.74) is 1.69. The highest BCUT2D eigenvalue weighted by atomic mass is 127. The van der Waals surface area contributed by atoms with Gasteiger partial charge in [0.1, 0.15) is 11.6 Å². The van der Waals surface area contributed by atoms with E-state index >= 15 is 0 Å². The minimum atomic E-state index is -0.265. The summed E-state index contributed by atoms with van der Waals surface area (Å²) < 4.78 is 29.5. The molecular formula is C23H33FIN3O3. The molecule has 0 aromatic heterocycles. The second kappa shape index (κ2) is 15.8. The maximum Gasteiger partial charge on any atom is 0.196 e. The van der Waals surface area contributed by atoms with E-state index in [-0.39, 0.29) is 35.9 Å². The Balaban J connectivity index is 0.00000480. The predicted molar refractivity (Wildman–Crippen MR) is 134 cm³/mol. The SMILES string of the molecule is COCCOCCCNC(=NCc1cccc(F)c1)Nc1ccc(OC(C)C)cc1.I. The van der Waals surface area contributed by atoms with Gasteiger partial charge < -0.3 is 24.8 Å². The number of halogens is 2. The topological polar surface area (TPSA) is 64.1 Å². The molecule has 0 unspecified atom stereocenters. The van der Waals surface area contributed by atoms with Crippen LogP contribution in [-0.4, -0.2) is 45.5 Å². The Hall–Kier alpha value is -1.91. The predicted octanol–water partition coefficient (Wildman–Crippen LogP) is 4.84. The molecule has 2 aromatic carbocycles. The molecule has 31 heavy (non-hydrogen) atoms. The standard InChI is InChI=1S/C23H32FN3O3.HI/c1-18(2)30-22-10-8-21(9-11-22)27-23(25-12-5-13-29-15-14-28-3)26-17-19-6-4-7-20(24)16-19;/h4,6-11,16,18H,5,12-15,17H2,1-3H3,(H2,25,26,27);1H. The van der Waals surface area contributed by atoms with Crippen molar-refractivity contribution in [1.82, 2.24) is 5.32 Å². The van der Waals surface area contributed by atoms with Crippen LogP contribution in [0, 0.1) is 5.82 Å². The number of aliphatic imine (C=N–C) groups is 1. The fourth-order valence-corrected chi connectivity index (χ4v) is 2.60. The molecule has 2 rings (SSSR count). The highest BCUT2D eigenvalue weighted by molar-refractivity contribution is 14.0. The second-order valence-corrected chi connectivity index (χ2v) is 7.00. The highest BCUT2D eigenvalue weighted by Crippen LogP contribution is 2.17. The molecule has 0 radical (unpaired) electrons. The van der Waals surface area contributed by atoms with Crippen LogP contribution in [0.25, 0.3) is 0 Å². The van der Waals surface area contributed by atoms with E-state index in [2.05, 4.69) is 15.6 Å². The van der Waals surface area contributed by atoms with Crippen molar-refractivity contribution in [3.63, 3.8) is 0 Å². The van der Waals surface area contributed by atoms with E-state index in [0.29, 0.717) is 38.9 Å². The first-order chi connectivity index (χ1) is 14.6. The van der Waals surface area contributed by atoms with E-state index in [1.165, 1.54) is 12.1 Å². The maximum atomic E-state index is 13.4. The number of anilines is 1. The molecule has 0 amide bonds. The fraction of sp³-hybridized carbons (Fsp3) is 0.435. The first-order valence-corrected chi connectivity index (χ1v) is 10.2. The molecule has 0 atom stereocenters. The molecule has 0 heterocycles. The third-order valence-corrected chi connectivity index (χ3v) is 3.99. The first-order valence-electron chi connectivity index (χ1n) is 10.2. The van der Waals surface area contributed by atoms with Crippen molar-refractivity contribution >= 4 is 35.6 Å². The lowest BCUT2D eigenvalue weighted by Crippen LogP contribution is -2.32. The number of nitrogens with one attached hydrogen (secondary N) is 2. The van der Waals surface area contributed by atoms with E-state index in [9.17, 15) is 4.39 Å². The van der Waals surface area contributed by atoms with Gasteiger partial charge >= 0.3 is 0 Å². The summed E-state index contributed by atoms with van der Waals surface area (Å²) in [4.78, 5) is 4.58. The van der Waals surface area contributed by atoms with E-state index in [4.69, 9.17) is 14.2 Å². The fourth-order valence-electron chi connectivity index (χ4n) is 2.60. The van der Waals surface area contributed by atoms with Crippen LogP contribution in [0.5, 0.6) is 5.75 Å². The minimum absolute atomic E-state index is 0. The van der Waals surface area contributed by atoms with Crippen LogP contribution < -0.4 is 15.4 Å². The van der Waals surface area contributed by atoms with E-state index in [1.54, 1.807) is 13.2 Å². The van der Waals surface area contributed by atoms with E-state index in [0.717, 1.165) is 23.4 Å². The highest BCUT2D eigenvalue weighted by Gasteiger charge is 2.03. The van der Waals surface area contributed by atoms with E-state index in [1.807, 2.05) is 44.2 Å². The Bertz CT molecular complexity index is 773. The van der Waals surface area contributed by atoms with Crippen molar-refractivity contribution in [3.05, 3.63) is 59.9 Å². The summed E-state index contributed by atoms with van der Waals surface area (Å²) in [6.07, 6.45) is 0.950. The molecule has 0 saturated heterocycles. The number of methoxy groups -OCH3 is 1. The monoisotopic (exact) mass is 545 g/mol. The second-order valence-electron chi connectivity index (χ2n) is 7.00. The average molecular weight is 545 g/mol. The zero-order valence-electron chi connectivity index (χ0n) is 18.4. The molecule has 0 saturated carbocycles. The van der Waals surface area contributed by atoms with Gasteiger partial charge in [0.2, 0.25) is 0 Å². The van der Waals surface area contributed by atoms with Crippen LogP contribution in [0.15, 0.2) is 53.5 Å². The number of nitrogens with zero attached hydrogens (tertiary/aromatic N) is 1. The van der Waals surface area contributed by atoms with Crippen LogP contribution in [-0.2, 0) is 16.0 Å². The lowest BCUT2D eigenvalue weighted by molar-refractivity contribution is 0.0699. The van der Waals surface area contributed by atoms with Crippen LogP contribution >= 0.6 is 24.0 Å². The van der Waals surface area contributed by atoms with Crippen LogP contribution in [0.1, 0.15) is 25.8 Å². The lowest BCUT2D eigenvalue weighted by atomic mass is 10.2. The Morgan fingerprint density at radius 2 is 1.84 bits per heavy atom. The van der Waals surface area contributed by atoms with Gasteiger partial charge in [0.15, 0.2) is 5.96 Å². The molecule has 6 nitrogen and oxygen atoms in total. The summed E-state index contributed by atoms with van der Waals surface area (Å²) in [6, 6.07) is 14.2. The number of hydrogen-bond acceptors (Lipinski definition) is 4. The summed E-state index contributed by atoms with van der Waals surface area (Å²) in [7, 11) is 1.65. The lowest BCUT2D eigenvalue weighted by Gasteiger charge is -2.14. The largest absolute Gasteiger partial charge is 0.491 e. The number of benzene rings is 2. The van der Waals surface area contributed by atoms with Crippen LogP contribution in [0.4, 0.5) is 10.1 Å². The molecule has 8 heteroatoms. The molecule has 0 aliphatic carbocycles. The maximum absolute atomic E-state index is 13.4. The van der Waals surface area contributed by atoms with Gasteiger partial charge in [-0.25, -0.2) is 9.38 Å². The smallest absolute Gasteiger partial charge is 0.196 e. The average Bonchev–Trinajstić information content (AvgIpc) is 2.72. The van der Waals surface area contributed by atoms with Gasteiger partial charge in [-0.3, -0.25) is 0 Å². The van der Waals surface area contributed by atoms with Crippen molar-refractivity contribution in [1.29, 1.82) is 0 Å². The van der Waals surface area contributed by atoms with Crippen LogP contribution in [0.2, 0.25) is 0 Å². The number of guanidine groups is 1. The van der Waals surface area contributed by atoms with Gasteiger partial charge in [-0.15, -0.1) is 24.0 Å². The Labute approximate surface area is 201 Å². The Kier molecular flexibility index (Phi) is 13.8. The summed E-state index contributed by atoms with van der Waals surface area (Å²) in [5, 5.41) is 6.58. The molecule has 172 valence electrons. The summed E-state index contributed by atoms with van der Waals surface area (Å²) in [6.45, 7) is 6.85. The van der Waals surface area contributed by atoms with E-state index < -0.39 is 0 Å². The normalized spacial score (nSPS) is 11.2. The molecule has 2 N–H and O–H groups in total. The molecule has 0 fully saturated rings. The number of ether oxygens (including phenoxy) is 3. The van der Waals surface area contributed by atoms with Gasteiger partial charge in [0, 0.05) is 25.9 Å². The Morgan fingerprint density at radius 1 is 1.06 bits per heavy atom. The minimum Gasteiger partial charge on any atom is -0.491 e. The third-order valence-electron chi connectivity index (χ3n) is 3.99. The van der Waals surface area contributed by atoms with Crippen LogP contribution in [0.3, 0.4) is 0 Å². The van der Waals surface area contributed by atoms with Gasteiger partial charge in [-0.05, 0) is 62.2 Å². The number of hydrogen-bond donors (Lipinski definition) is 2. The van der Waals surface area contributed by atoms with Gasteiger partial charge in [-0.1, -0.05) is 12.1 Å². The van der Waals surface area contributed by atoms with Crippen molar-refractivity contribution < 1.29 is 18.6 Å². The molecule has 2 aromatic rings.